The number of piperidine rings is 1. The normalized spacial score (nSPS) is 15.5. The third kappa shape index (κ3) is 5.77. The molecule has 0 unspecified atom stereocenters. The highest BCUT2D eigenvalue weighted by Crippen LogP contribution is 2.22. The Labute approximate surface area is 172 Å². The van der Waals surface area contributed by atoms with Crippen molar-refractivity contribution >= 4 is 27.4 Å². The smallest absolute Gasteiger partial charge is 0.240 e. The van der Waals surface area contributed by atoms with Crippen LogP contribution in [0.2, 0.25) is 0 Å². The largest absolute Gasteiger partial charge is 0.357 e. The maximum Gasteiger partial charge on any atom is 0.240 e. The maximum atomic E-state index is 12.6. The third-order valence-corrected chi connectivity index (χ3v) is 6.55. The van der Waals surface area contributed by atoms with Crippen LogP contribution in [0.15, 0.2) is 53.6 Å². The van der Waals surface area contributed by atoms with E-state index in [1.165, 1.54) is 12.1 Å². The van der Waals surface area contributed by atoms with E-state index in [0.29, 0.717) is 18.2 Å². The number of aromatic nitrogens is 1. The van der Waals surface area contributed by atoms with Crippen molar-refractivity contribution in [2.45, 2.75) is 31.6 Å². The number of pyridine rings is 1. The molecule has 1 aliphatic rings. The van der Waals surface area contributed by atoms with Crippen LogP contribution in [0.25, 0.3) is 0 Å². The van der Waals surface area contributed by atoms with E-state index in [2.05, 4.69) is 19.9 Å². The van der Waals surface area contributed by atoms with E-state index in [-0.39, 0.29) is 16.7 Å². The van der Waals surface area contributed by atoms with Crippen molar-refractivity contribution in [3.8, 4) is 0 Å². The number of rotatable bonds is 7. The molecule has 0 saturated carbocycles. The molecule has 0 bridgehead atoms. The van der Waals surface area contributed by atoms with Gasteiger partial charge in [-0.05, 0) is 55.2 Å². The van der Waals surface area contributed by atoms with Crippen molar-refractivity contribution in [2.24, 2.45) is 11.8 Å². The molecule has 1 saturated heterocycles. The standard InChI is InChI=1S/C21H28N4O3S/c1-16(2)21(26)24-18-6-8-19(9-7-18)29(27,28)23-15-17-10-13-25(14-11-17)20-5-3-4-12-22-20/h3-9,12,16-17,23H,10-11,13-15H2,1-2H3,(H,24,26). The fraction of sp³-hybridized carbons (Fsp3) is 0.429. The van der Waals surface area contributed by atoms with Crippen molar-refractivity contribution < 1.29 is 13.2 Å². The Hall–Kier alpha value is -2.45. The Morgan fingerprint density at radius 1 is 1.14 bits per heavy atom. The van der Waals surface area contributed by atoms with Gasteiger partial charge in [-0.3, -0.25) is 4.79 Å². The minimum absolute atomic E-state index is 0.101. The molecule has 0 radical (unpaired) electrons. The lowest BCUT2D eigenvalue weighted by atomic mass is 9.97. The van der Waals surface area contributed by atoms with Crippen molar-refractivity contribution in [2.75, 3.05) is 29.9 Å². The Balaban J connectivity index is 1.51. The average Bonchev–Trinajstić information content (AvgIpc) is 2.73. The first kappa shape index (κ1) is 21.3. The van der Waals surface area contributed by atoms with Crippen molar-refractivity contribution in [1.29, 1.82) is 0 Å². The molecular formula is C21H28N4O3S. The SMILES string of the molecule is CC(C)C(=O)Nc1ccc(S(=O)(=O)NCC2CCN(c3ccccn3)CC2)cc1. The lowest BCUT2D eigenvalue weighted by Crippen LogP contribution is -2.39. The average molecular weight is 417 g/mol. The second kappa shape index (κ2) is 9.37. The van der Waals surface area contributed by atoms with Gasteiger partial charge in [0.05, 0.1) is 4.90 Å². The highest BCUT2D eigenvalue weighted by atomic mass is 32.2. The molecule has 1 aliphatic heterocycles. The van der Waals surface area contributed by atoms with Gasteiger partial charge in [0.2, 0.25) is 15.9 Å². The lowest BCUT2D eigenvalue weighted by Gasteiger charge is -2.32. The van der Waals surface area contributed by atoms with Gasteiger partial charge in [0, 0.05) is 37.4 Å². The molecule has 2 heterocycles. The molecule has 1 fully saturated rings. The number of anilines is 2. The highest BCUT2D eigenvalue weighted by molar-refractivity contribution is 7.89. The number of nitrogens with zero attached hydrogens (tertiary/aromatic N) is 2. The first-order valence-electron chi connectivity index (χ1n) is 9.92. The van der Waals surface area contributed by atoms with Crippen LogP contribution in [0.1, 0.15) is 26.7 Å². The van der Waals surface area contributed by atoms with E-state index in [4.69, 9.17) is 0 Å². The zero-order valence-corrected chi connectivity index (χ0v) is 17.7. The summed E-state index contributed by atoms with van der Waals surface area (Å²) in [7, 11) is -3.58. The highest BCUT2D eigenvalue weighted by Gasteiger charge is 2.22. The van der Waals surface area contributed by atoms with Gasteiger partial charge >= 0.3 is 0 Å². The number of hydrogen-bond acceptors (Lipinski definition) is 5. The molecule has 7 nitrogen and oxygen atoms in total. The zero-order valence-electron chi connectivity index (χ0n) is 16.8. The van der Waals surface area contributed by atoms with Gasteiger partial charge in [-0.2, -0.15) is 0 Å². The number of hydrogen-bond donors (Lipinski definition) is 2. The van der Waals surface area contributed by atoms with Crippen molar-refractivity contribution in [3.05, 3.63) is 48.7 Å². The van der Waals surface area contributed by atoms with Crippen LogP contribution in [-0.2, 0) is 14.8 Å². The molecule has 1 aromatic carbocycles. The second-order valence-corrected chi connectivity index (χ2v) is 9.41. The molecule has 0 atom stereocenters. The number of benzene rings is 1. The first-order chi connectivity index (χ1) is 13.8. The van der Waals surface area contributed by atoms with E-state index in [9.17, 15) is 13.2 Å². The van der Waals surface area contributed by atoms with Crippen molar-refractivity contribution in [3.63, 3.8) is 0 Å². The van der Waals surface area contributed by atoms with E-state index in [0.717, 1.165) is 31.7 Å². The van der Waals surface area contributed by atoms with Crippen LogP contribution < -0.4 is 14.9 Å². The van der Waals surface area contributed by atoms with Gasteiger partial charge in [0.15, 0.2) is 0 Å². The molecular weight excluding hydrogens is 388 g/mol. The third-order valence-electron chi connectivity index (χ3n) is 5.11. The maximum absolute atomic E-state index is 12.6. The van der Waals surface area contributed by atoms with E-state index in [1.807, 2.05) is 18.2 Å². The number of amides is 1. The Morgan fingerprint density at radius 3 is 2.41 bits per heavy atom. The zero-order chi connectivity index (χ0) is 20.9. The molecule has 156 valence electrons. The van der Waals surface area contributed by atoms with Crippen LogP contribution in [0.3, 0.4) is 0 Å². The fourth-order valence-electron chi connectivity index (χ4n) is 3.22. The molecule has 0 spiro atoms. The summed E-state index contributed by atoms with van der Waals surface area (Å²) in [6.07, 6.45) is 3.62. The van der Waals surface area contributed by atoms with Gasteiger partial charge in [0.25, 0.3) is 0 Å². The molecule has 8 heteroatoms. The van der Waals surface area contributed by atoms with Gasteiger partial charge in [-0.25, -0.2) is 18.1 Å². The minimum Gasteiger partial charge on any atom is -0.357 e. The van der Waals surface area contributed by atoms with Gasteiger partial charge in [-0.15, -0.1) is 0 Å². The Kier molecular flexibility index (Phi) is 6.87. The quantitative estimate of drug-likeness (QED) is 0.724. The van der Waals surface area contributed by atoms with Gasteiger partial charge in [0.1, 0.15) is 5.82 Å². The summed E-state index contributed by atoms with van der Waals surface area (Å²) < 4.78 is 27.9. The summed E-state index contributed by atoms with van der Waals surface area (Å²) in [4.78, 5) is 18.5. The monoisotopic (exact) mass is 416 g/mol. The predicted molar refractivity (Wildman–Crippen MR) is 114 cm³/mol. The Morgan fingerprint density at radius 2 is 1.83 bits per heavy atom. The second-order valence-electron chi connectivity index (χ2n) is 7.64. The molecule has 1 amide bonds. The Bertz CT molecular complexity index is 907. The topological polar surface area (TPSA) is 91.4 Å². The molecule has 1 aromatic heterocycles. The first-order valence-corrected chi connectivity index (χ1v) is 11.4. The summed E-state index contributed by atoms with van der Waals surface area (Å²) in [6, 6.07) is 12.1. The van der Waals surface area contributed by atoms with E-state index >= 15 is 0 Å². The fourth-order valence-corrected chi connectivity index (χ4v) is 4.34. The summed E-state index contributed by atoms with van der Waals surface area (Å²) in [5.41, 5.74) is 0.588. The number of nitrogens with one attached hydrogen (secondary N) is 2. The number of carbonyl (C=O) groups excluding carboxylic acids is 1. The summed E-state index contributed by atoms with van der Waals surface area (Å²) in [6.45, 7) is 5.77. The summed E-state index contributed by atoms with van der Waals surface area (Å²) in [5.74, 6) is 1.03. The summed E-state index contributed by atoms with van der Waals surface area (Å²) in [5, 5.41) is 2.76. The van der Waals surface area contributed by atoms with E-state index < -0.39 is 10.0 Å². The van der Waals surface area contributed by atoms with Crippen LogP contribution in [0, 0.1) is 11.8 Å². The van der Waals surface area contributed by atoms with Crippen LogP contribution in [-0.4, -0.2) is 38.9 Å². The van der Waals surface area contributed by atoms with Gasteiger partial charge < -0.3 is 10.2 Å². The molecule has 0 aliphatic carbocycles. The van der Waals surface area contributed by atoms with Crippen LogP contribution in [0.4, 0.5) is 11.5 Å². The number of carbonyl (C=O) groups is 1. The van der Waals surface area contributed by atoms with Gasteiger partial charge in [-0.1, -0.05) is 19.9 Å². The predicted octanol–water partition coefficient (Wildman–Crippen LogP) is 2.87. The van der Waals surface area contributed by atoms with E-state index in [1.54, 1.807) is 32.2 Å². The van der Waals surface area contributed by atoms with Crippen LogP contribution >= 0.6 is 0 Å². The minimum atomic E-state index is -3.58. The molecule has 29 heavy (non-hydrogen) atoms. The molecule has 2 N–H and O–H groups in total. The summed E-state index contributed by atoms with van der Waals surface area (Å²) >= 11 is 0. The molecule has 3 rings (SSSR count). The lowest BCUT2D eigenvalue weighted by molar-refractivity contribution is -0.118. The van der Waals surface area contributed by atoms with Crippen molar-refractivity contribution in [1.82, 2.24) is 9.71 Å². The molecule has 2 aromatic rings. The number of sulfonamides is 1. The van der Waals surface area contributed by atoms with Crippen LogP contribution in [0.5, 0.6) is 0 Å².